The van der Waals surface area contributed by atoms with E-state index in [1.54, 1.807) is 22.9 Å². The van der Waals surface area contributed by atoms with Crippen LogP contribution in [0.4, 0.5) is 4.39 Å². The lowest BCUT2D eigenvalue weighted by Gasteiger charge is -2.27. The van der Waals surface area contributed by atoms with Crippen molar-refractivity contribution in [2.24, 2.45) is 5.92 Å². The van der Waals surface area contributed by atoms with Gasteiger partial charge in [0.2, 0.25) is 0 Å². The second-order valence-electron chi connectivity index (χ2n) is 7.86. The molecule has 0 unspecified atom stereocenters. The predicted octanol–water partition coefficient (Wildman–Crippen LogP) is 4.44. The largest absolute Gasteiger partial charge is 0.480 e. The molecule has 1 aliphatic rings. The fourth-order valence-corrected chi connectivity index (χ4v) is 4.15. The van der Waals surface area contributed by atoms with Gasteiger partial charge in [-0.1, -0.05) is 49.6 Å². The molecule has 1 saturated carbocycles. The predicted molar refractivity (Wildman–Crippen MR) is 114 cm³/mol. The zero-order valence-corrected chi connectivity index (χ0v) is 17.0. The van der Waals surface area contributed by atoms with Crippen molar-refractivity contribution in [3.63, 3.8) is 0 Å². The Kier molecular flexibility index (Phi) is 6.11. The van der Waals surface area contributed by atoms with E-state index in [1.165, 1.54) is 12.1 Å². The Morgan fingerprint density at radius 3 is 2.35 bits per heavy atom. The van der Waals surface area contributed by atoms with Crippen molar-refractivity contribution in [3.05, 3.63) is 72.2 Å². The highest BCUT2D eigenvalue weighted by Gasteiger charge is 2.31. The first-order chi connectivity index (χ1) is 15.0. The highest BCUT2D eigenvalue weighted by molar-refractivity contribution is 5.96. The van der Waals surface area contributed by atoms with Gasteiger partial charge in [-0.25, -0.2) is 13.9 Å². The Bertz CT molecular complexity index is 1060. The van der Waals surface area contributed by atoms with Crippen LogP contribution >= 0.6 is 0 Å². The van der Waals surface area contributed by atoms with Gasteiger partial charge in [0.05, 0.1) is 11.4 Å². The van der Waals surface area contributed by atoms with Crippen LogP contribution in [-0.2, 0) is 4.79 Å². The fraction of sp³-hybridized carbons (Fsp3) is 0.292. The van der Waals surface area contributed by atoms with Crippen LogP contribution < -0.4 is 5.32 Å². The molecule has 1 aliphatic carbocycles. The molecule has 0 radical (unpaired) electrons. The Morgan fingerprint density at radius 2 is 1.71 bits per heavy atom. The molecule has 6 nitrogen and oxygen atoms in total. The van der Waals surface area contributed by atoms with Crippen molar-refractivity contribution in [2.75, 3.05) is 0 Å². The van der Waals surface area contributed by atoms with Crippen LogP contribution in [0.15, 0.2) is 60.7 Å². The molecular weight excluding hydrogens is 397 g/mol. The van der Waals surface area contributed by atoms with Crippen molar-refractivity contribution in [1.82, 2.24) is 15.1 Å². The maximum Gasteiger partial charge on any atom is 0.326 e. The maximum absolute atomic E-state index is 13.4. The molecule has 2 aromatic carbocycles. The number of hydrogen-bond donors (Lipinski definition) is 2. The van der Waals surface area contributed by atoms with Crippen molar-refractivity contribution < 1.29 is 19.1 Å². The molecule has 3 aromatic rings. The molecule has 160 valence electrons. The van der Waals surface area contributed by atoms with Crippen molar-refractivity contribution >= 4 is 11.9 Å². The highest BCUT2D eigenvalue weighted by Crippen LogP contribution is 2.28. The summed E-state index contributed by atoms with van der Waals surface area (Å²) in [5, 5.41) is 16.8. The minimum absolute atomic E-state index is 0.0806. The number of hydrogen-bond acceptors (Lipinski definition) is 3. The molecule has 0 saturated heterocycles. The topological polar surface area (TPSA) is 84.2 Å². The van der Waals surface area contributed by atoms with E-state index in [9.17, 15) is 19.1 Å². The van der Waals surface area contributed by atoms with Gasteiger partial charge in [-0.2, -0.15) is 5.10 Å². The van der Waals surface area contributed by atoms with Crippen molar-refractivity contribution in [1.29, 1.82) is 0 Å². The molecule has 0 spiro atoms. The number of halogens is 1. The summed E-state index contributed by atoms with van der Waals surface area (Å²) in [4.78, 5) is 24.8. The smallest absolute Gasteiger partial charge is 0.326 e. The summed E-state index contributed by atoms with van der Waals surface area (Å²) in [5.41, 5.74) is 2.20. The van der Waals surface area contributed by atoms with Crippen molar-refractivity contribution in [3.8, 4) is 16.9 Å². The number of nitrogens with zero attached hydrogens (tertiary/aromatic N) is 2. The van der Waals surface area contributed by atoms with Gasteiger partial charge < -0.3 is 10.4 Å². The number of benzene rings is 2. The molecule has 1 amide bonds. The molecule has 1 atom stereocenters. The SMILES string of the molecule is O=C(N[C@H](C(=O)O)C1CCCCC1)c1cc(-c2ccccc2)n(-c2ccc(F)cc2)n1. The molecular formula is C24H24FN3O3. The Morgan fingerprint density at radius 1 is 1.03 bits per heavy atom. The first-order valence-electron chi connectivity index (χ1n) is 10.5. The number of amides is 1. The van der Waals surface area contributed by atoms with Gasteiger partial charge in [-0.3, -0.25) is 4.79 Å². The van der Waals surface area contributed by atoms with Gasteiger partial charge in [0.25, 0.3) is 5.91 Å². The van der Waals surface area contributed by atoms with Gasteiger partial charge >= 0.3 is 5.97 Å². The summed E-state index contributed by atoms with van der Waals surface area (Å²) in [6, 6.07) is 15.9. The van der Waals surface area contributed by atoms with Crippen LogP contribution in [0.1, 0.15) is 42.6 Å². The van der Waals surface area contributed by atoms with Gasteiger partial charge in [-0.15, -0.1) is 0 Å². The molecule has 7 heteroatoms. The molecule has 1 fully saturated rings. The third-order valence-corrected chi connectivity index (χ3v) is 5.76. The number of aliphatic carboxylic acids is 1. The lowest BCUT2D eigenvalue weighted by atomic mass is 9.84. The monoisotopic (exact) mass is 421 g/mol. The Labute approximate surface area is 179 Å². The number of carboxylic acids is 1. The van der Waals surface area contributed by atoms with E-state index in [-0.39, 0.29) is 17.4 Å². The number of rotatable bonds is 6. The zero-order chi connectivity index (χ0) is 21.8. The molecule has 0 aliphatic heterocycles. The minimum atomic E-state index is -1.03. The summed E-state index contributed by atoms with van der Waals surface area (Å²) >= 11 is 0. The van der Waals surface area contributed by atoms with E-state index in [1.807, 2.05) is 30.3 Å². The maximum atomic E-state index is 13.4. The van der Waals surface area contributed by atoms with Crippen LogP contribution in [0.3, 0.4) is 0 Å². The quantitative estimate of drug-likeness (QED) is 0.616. The van der Waals surface area contributed by atoms with Gasteiger partial charge in [0.1, 0.15) is 11.9 Å². The van der Waals surface area contributed by atoms with Gasteiger partial charge in [0.15, 0.2) is 5.69 Å². The summed E-state index contributed by atoms with van der Waals surface area (Å²) in [6.07, 6.45) is 4.62. The summed E-state index contributed by atoms with van der Waals surface area (Å²) in [5.74, 6) is -2.01. The normalized spacial score (nSPS) is 15.4. The minimum Gasteiger partial charge on any atom is -0.480 e. The fourth-order valence-electron chi connectivity index (χ4n) is 4.15. The lowest BCUT2D eigenvalue weighted by Crippen LogP contribution is -2.46. The standard InChI is InChI=1S/C24H24FN3O3/c25-18-11-13-19(14-12-18)28-21(16-7-3-1-4-8-16)15-20(27-28)23(29)26-22(24(30)31)17-9-5-2-6-10-17/h1,3-4,7-8,11-15,17,22H,2,5-6,9-10H2,(H,26,29)(H,30,31)/t22-/m0/s1. The molecule has 1 aromatic heterocycles. The molecule has 1 heterocycles. The van der Waals surface area contributed by atoms with Gasteiger partial charge in [-0.05, 0) is 49.1 Å². The Hall–Kier alpha value is -3.48. The lowest BCUT2D eigenvalue weighted by molar-refractivity contribution is -0.141. The number of carbonyl (C=O) groups excluding carboxylic acids is 1. The number of nitrogens with one attached hydrogen (secondary N) is 1. The highest BCUT2D eigenvalue weighted by atomic mass is 19.1. The van der Waals surface area contributed by atoms with E-state index >= 15 is 0 Å². The summed E-state index contributed by atoms with van der Waals surface area (Å²) in [6.45, 7) is 0. The average molecular weight is 421 g/mol. The molecule has 4 rings (SSSR count). The third-order valence-electron chi connectivity index (χ3n) is 5.76. The van der Waals surface area contributed by atoms with E-state index in [0.717, 1.165) is 37.7 Å². The zero-order valence-electron chi connectivity index (χ0n) is 17.0. The molecule has 2 N–H and O–H groups in total. The molecule has 0 bridgehead atoms. The van der Waals surface area contributed by atoms with E-state index in [2.05, 4.69) is 10.4 Å². The average Bonchev–Trinajstić information content (AvgIpc) is 3.24. The first kappa shape index (κ1) is 20.8. The van der Waals surface area contributed by atoms with E-state index in [0.29, 0.717) is 11.4 Å². The third kappa shape index (κ3) is 4.66. The van der Waals surface area contributed by atoms with Crippen molar-refractivity contribution in [2.45, 2.75) is 38.1 Å². The van der Waals surface area contributed by atoms with Crippen LogP contribution in [0.5, 0.6) is 0 Å². The second kappa shape index (κ2) is 9.12. The first-order valence-corrected chi connectivity index (χ1v) is 10.5. The van der Waals surface area contributed by atoms with Crippen LogP contribution in [-0.4, -0.2) is 32.8 Å². The second-order valence-corrected chi connectivity index (χ2v) is 7.86. The number of aromatic nitrogens is 2. The summed E-state index contributed by atoms with van der Waals surface area (Å²) in [7, 11) is 0. The number of carbonyl (C=O) groups is 2. The Balaban J connectivity index is 1.67. The van der Waals surface area contributed by atoms with E-state index in [4.69, 9.17) is 0 Å². The summed E-state index contributed by atoms with van der Waals surface area (Å²) < 4.78 is 15.0. The van der Waals surface area contributed by atoms with Crippen LogP contribution in [0.25, 0.3) is 16.9 Å². The van der Waals surface area contributed by atoms with Crippen LogP contribution in [0.2, 0.25) is 0 Å². The number of carboxylic acid groups (broad SMARTS) is 1. The molecule has 31 heavy (non-hydrogen) atoms. The van der Waals surface area contributed by atoms with Gasteiger partial charge in [0, 0.05) is 5.56 Å². The van der Waals surface area contributed by atoms with E-state index < -0.39 is 17.9 Å². The van der Waals surface area contributed by atoms with Crippen LogP contribution in [0, 0.1) is 11.7 Å².